The topological polar surface area (TPSA) is 47.9 Å². The molecule has 1 aromatic carbocycles. The number of hydrogen-bond donors (Lipinski definition) is 3. The average Bonchev–Trinajstić information content (AvgIpc) is 2.09. The minimum Gasteiger partial charge on any atom is -0.359 e. The van der Waals surface area contributed by atoms with Crippen LogP contribution in [0.25, 0.3) is 0 Å². The average molecular weight is 275 g/mol. The molecule has 0 saturated heterocycles. The van der Waals surface area contributed by atoms with Crippen molar-refractivity contribution in [1.82, 2.24) is 5.32 Å². The van der Waals surface area contributed by atoms with E-state index in [4.69, 9.17) is 5.41 Å². The van der Waals surface area contributed by atoms with E-state index in [1.807, 2.05) is 24.3 Å². The molecule has 0 heterocycles. The van der Waals surface area contributed by atoms with Crippen molar-refractivity contribution in [3.8, 4) is 0 Å². The standard InChI is InChI=1S/C8H10IN3/c1-11-8(10)12-7-5-3-2-4-6(7)9/h2-5H,1H3,(H3,10,11,12). The van der Waals surface area contributed by atoms with Crippen molar-refractivity contribution in [3.05, 3.63) is 27.8 Å². The van der Waals surface area contributed by atoms with Gasteiger partial charge in [0.25, 0.3) is 0 Å². The van der Waals surface area contributed by atoms with Gasteiger partial charge in [0.1, 0.15) is 0 Å². The number of rotatable bonds is 1. The van der Waals surface area contributed by atoms with Gasteiger partial charge in [-0.2, -0.15) is 0 Å². The quantitative estimate of drug-likeness (QED) is 0.416. The van der Waals surface area contributed by atoms with Crippen LogP contribution in [0.1, 0.15) is 0 Å². The first-order valence-electron chi connectivity index (χ1n) is 3.52. The molecule has 0 spiro atoms. The van der Waals surface area contributed by atoms with Crippen molar-refractivity contribution in [2.45, 2.75) is 0 Å². The third-order valence-corrected chi connectivity index (χ3v) is 2.32. The van der Waals surface area contributed by atoms with Gasteiger partial charge in [-0.25, -0.2) is 0 Å². The molecule has 0 aromatic heterocycles. The molecule has 0 amide bonds. The number of guanidine groups is 1. The van der Waals surface area contributed by atoms with Gasteiger partial charge in [0.05, 0.1) is 5.69 Å². The minimum atomic E-state index is 0.305. The maximum absolute atomic E-state index is 7.35. The summed E-state index contributed by atoms with van der Waals surface area (Å²) >= 11 is 2.22. The van der Waals surface area contributed by atoms with Gasteiger partial charge in [-0.1, -0.05) is 12.1 Å². The molecule has 0 aliphatic heterocycles. The fourth-order valence-electron chi connectivity index (χ4n) is 0.760. The third kappa shape index (κ3) is 2.37. The molecule has 0 atom stereocenters. The van der Waals surface area contributed by atoms with Crippen molar-refractivity contribution in [2.75, 3.05) is 12.4 Å². The van der Waals surface area contributed by atoms with E-state index in [1.54, 1.807) is 7.05 Å². The molecule has 0 aliphatic carbocycles. The van der Waals surface area contributed by atoms with Gasteiger partial charge >= 0.3 is 0 Å². The number of benzene rings is 1. The molecular weight excluding hydrogens is 265 g/mol. The maximum atomic E-state index is 7.35. The first-order chi connectivity index (χ1) is 5.74. The predicted octanol–water partition coefficient (Wildman–Crippen LogP) is 1.86. The van der Waals surface area contributed by atoms with E-state index in [0.29, 0.717) is 5.96 Å². The molecule has 3 nitrogen and oxygen atoms in total. The van der Waals surface area contributed by atoms with Crippen molar-refractivity contribution < 1.29 is 0 Å². The molecule has 0 fully saturated rings. The highest BCUT2D eigenvalue weighted by atomic mass is 127. The van der Waals surface area contributed by atoms with E-state index in [1.165, 1.54) is 0 Å². The Hall–Kier alpha value is -0.780. The van der Waals surface area contributed by atoms with Gasteiger partial charge < -0.3 is 10.6 Å². The van der Waals surface area contributed by atoms with Gasteiger partial charge in [0.15, 0.2) is 5.96 Å². The van der Waals surface area contributed by atoms with Gasteiger partial charge in [-0.3, -0.25) is 5.41 Å². The first kappa shape index (κ1) is 9.31. The van der Waals surface area contributed by atoms with Gasteiger partial charge in [0.2, 0.25) is 0 Å². The van der Waals surface area contributed by atoms with E-state index in [2.05, 4.69) is 33.2 Å². The van der Waals surface area contributed by atoms with Crippen molar-refractivity contribution in [3.63, 3.8) is 0 Å². The van der Waals surface area contributed by atoms with Crippen molar-refractivity contribution in [1.29, 1.82) is 5.41 Å². The highest BCUT2D eigenvalue weighted by molar-refractivity contribution is 14.1. The molecule has 4 heteroatoms. The second-order valence-corrected chi connectivity index (χ2v) is 3.39. The summed E-state index contributed by atoms with van der Waals surface area (Å²) in [5.74, 6) is 0.305. The number of nitrogens with one attached hydrogen (secondary N) is 3. The van der Waals surface area contributed by atoms with E-state index in [-0.39, 0.29) is 0 Å². The molecule has 0 aliphatic rings. The molecular formula is C8H10IN3. The van der Waals surface area contributed by atoms with E-state index >= 15 is 0 Å². The monoisotopic (exact) mass is 275 g/mol. The Morgan fingerprint density at radius 1 is 1.42 bits per heavy atom. The lowest BCUT2D eigenvalue weighted by molar-refractivity contribution is 1.13. The third-order valence-electron chi connectivity index (χ3n) is 1.38. The smallest absolute Gasteiger partial charge is 0.192 e. The van der Waals surface area contributed by atoms with Gasteiger partial charge in [-0.05, 0) is 34.7 Å². The second kappa shape index (κ2) is 4.30. The molecule has 0 unspecified atom stereocenters. The number of para-hydroxylation sites is 1. The van der Waals surface area contributed by atoms with Crippen LogP contribution in [-0.4, -0.2) is 13.0 Å². The van der Waals surface area contributed by atoms with Crippen molar-refractivity contribution in [2.24, 2.45) is 0 Å². The molecule has 64 valence electrons. The number of anilines is 1. The summed E-state index contributed by atoms with van der Waals surface area (Å²) in [6.45, 7) is 0. The molecule has 0 radical (unpaired) electrons. The van der Waals surface area contributed by atoms with Crippen LogP contribution < -0.4 is 10.6 Å². The fraction of sp³-hybridized carbons (Fsp3) is 0.125. The second-order valence-electron chi connectivity index (χ2n) is 2.23. The molecule has 3 N–H and O–H groups in total. The zero-order chi connectivity index (χ0) is 8.97. The normalized spacial score (nSPS) is 9.17. The summed E-state index contributed by atoms with van der Waals surface area (Å²) in [4.78, 5) is 0. The summed E-state index contributed by atoms with van der Waals surface area (Å²) in [6, 6.07) is 7.84. The van der Waals surface area contributed by atoms with Crippen LogP contribution in [-0.2, 0) is 0 Å². The molecule has 0 saturated carbocycles. The van der Waals surface area contributed by atoms with Gasteiger partial charge in [-0.15, -0.1) is 0 Å². The molecule has 0 bridgehead atoms. The summed E-state index contributed by atoms with van der Waals surface area (Å²) in [5.41, 5.74) is 0.956. The van der Waals surface area contributed by atoms with Crippen LogP contribution in [0.15, 0.2) is 24.3 Å². The van der Waals surface area contributed by atoms with Crippen molar-refractivity contribution >= 4 is 34.2 Å². The lowest BCUT2D eigenvalue weighted by Gasteiger charge is -2.07. The van der Waals surface area contributed by atoms with Crippen LogP contribution in [0.5, 0.6) is 0 Å². The Morgan fingerprint density at radius 3 is 2.67 bits per heavy atom. The fourth-order valence-corrected chi connectivity index (χ4v) is 1.28. The summed E-state index contributed by atoms with van der Waals surface area (Å²) in [5, 5.41) is 13.0. The SMILES string of the molecule is CNC(=N)Nc1ccccc1I. The Balaban J connectivity index is 2.75. The Labute approximate surface area is 85.2 Å². The van der Waals surface area contributed by atoms with Crippen LogP contribution in [0.4, 0.5) is 5.69 Å². The molecule has 1 rings (SSSR count). The predicted molar refractivity (Wildman–Crippen MR) is 59.6 cm³/mol. The zero-order valence-corrected chi connectivity index (χ0v) is 8.84. The summed E-state index contributed by atoms with van der Waals surface area (Å²) in [6.07, 6.45) is 0. The lowest BCUT2D eigenvalue weighted by atomic mass is 10.3. The maximum Gasteiger partial charge on any atom is 0.192 e. The highest BCUT2D eigenvalue weighted by Crippen LogP contribution is 2.16. The Bertz CT molecular complexity index is 285. The van der Waals surface area contributed by atoms with Crippen LogP contribution in [0.3, 0.4) is 0 Å². The van der Waals surface area contributed by atoms with Crippen LogP contribution >= 0.6 is 22.6 Å². The summed E-state index contributed by atoms with van der Waals surface area (Å²) < 4.78 is 1.11. The van der Waals surface area contributed by atoms with E-state index < -0.39 is 0 Å². The van der Waals surface area contributed by atoms with E-state index in [9.17, 15) is 0 Å². The largest absolute Gasteiger partial charge is 0.359 e. The Kier molecular flexibility index (Phi) is 3.33. The summed E-state index contributed by atoms with van der Waals surface area (Å²) in [7, 11) is 1.71. The van der Waals surface area contributed by atoms with Crippen LogP contribution in [0, 0.1) is 8.98 Å². The Morgan fingerprint density at radius 2 is 2.08 bits per heavy atom. The first-order valence-corrected chi connectivity index (χ1v) is 4.60. The number of hydrogen-bond acceptors (Lipinski definition) is 1. The van der Waals surface area contributed by atoms with Gasteiger partial charge in [0, 0.05) is 10.6 Å². The van der Waals surface area contributed by atoms with E-state index in [0.717, 1.165) is 9.26 Å². The molecule has 1 aromatic rings. The number of halogens is 1. The lowest BCUT2D eigenvalue weighted by Crippen LogP contribution is -2.25. The van der Waals surface area contributed by atoms with Crippen LogP contribution in [0.2, 0.25) is 0 Å². The highest BCUT2D eigenvalue weighted by Gasteiger charge is 1.97. The zero-order valence-electron chi connectivity index (χ0n) is 6.69. The molecule has 12 heavy (non-hydrogen) atoms. The minimum absolute atomic E-state index is 0.305.